The molecule has 116 valence electrons. The first-order chi connectivity index (χ1) is 9.99. The van der Waals surface area contributed by atoms with Gasteiger partial charge in [0.2, 0.25) is 10.0 Å². The molecule has 0 amide bonds. The highest BCUT2D eigenvalue weighted by atomic mass is 32.2. The third kappa shape index (κ3) is 3.37. The number of sulfonamides is 1. The molecule has 0 saturated heterocycles. The standard InChI is InChI=1S/C14H20N2O4S/c1-3-20-12-7-4-6-11-14(12)13(21(15,17)18)10-16(11)8-5-9-19-2/h4,6-7,10H,3,5,8-9H2,1-2H3,(H2,15,17,18). The van der Waals surface area contributed by atoms with Crippen molar-refractivity contribution in [1.29, 1.82) is 0 Å². The maximum Gasteiger partial charge on any atom is 0.240 e. The van der Waals surface area contributed by atoms with Crippen LogP contribution in [0.2, 0.25) is 0 Å². The maximum atomic E-state index is 11.8. The molecule has 7 heteroatoms. The molecule has 0 aliphatic rings. The second-order valence-corrected chi connectivity index (χ2v) is 6.19. The summed E-state index contributed by atoms with van der Waals surface area (Å²) in [4.78, 5) is 0.0963. The second kappa shape index (κ2) is 6.46. The minimum Gasteiger partial charge on any atom is -0.493 e. The molecule has 0 saturated carbocycles. The fourth-order valence-corrected chi connectivity index (χ4v) is 3.10. The Kier molecular flexibility index (Phi) is 4.87. The number of hydrogen-bond acceptors (Lipinski definition) is 4. The van der Waals surface area contributed by atoms with Crippen molar-refractivity contribution in [2.24, 2.45) is 5.14 Å². The second-order valence-electron chi connectivity index (χ2n) is 4.66. The molecule has 0 radical (unpaired) electrons. The number of aryl methyl sites for hydroxylation is 1. The lowest BCUT2D eigenvalue weighted by molar-refractivity contribution is 0.190. The Morgan fingerprint density at radius 1 is 1.33 bits per heavy atom. The van der Waals surface area contributed by atoms with Crippen LogP contribution in [0.1, 0.15) is 13.3 Å². The quantitative estimate of drug-likeness (QED) is 0.789. The van der Waals surface area contributed by atoms with Crippen LogP contribution in [0.3, 0.4) is 0 Å². The van der Waals surface area contributed by atoms with Crippen LogP contribution in [0.4, 0.5) is 0 Å². The van der Waals surface area contributed by atoms with Gasteiger partial charge >= 0.3 is 0 Å². The van der Waals surface area contributed by atoms with Gasteiger partial charge in [0.1, 0.15) is 10.6 Å². The van der Waals surface area contributed by atoms with Gasteiger partial charge in [0.15, 0.2) is 0 Å². The number of primary sulfonamides is 1. The molecule has 0 unspecified atom stereocenters. The van der Waals surface area contributed by atoms with E-state index in [1.165, 1.54) is 0 Å². The lowest BCUT2D eigenvalue weighted by Gasteiger charge is -2.07. The number of fused-ring (bicyclic) bond motifs is 1. The van der Waals surface area contributed by atoms with Crippen molar-refractivity contribution in [3.63, 3.8) is 0 Å². The van der Waals surface area contributed by atoms with E-state index in [9.17, 15) is 8.42 Å². The normalized spacial score (nSPS) is 12.0. The molecule has 2 rings (SSSR count). The van der Waals surface area contributed by atoms with Gasteiger partial charge in [-0.3, -0.25) is 0 Å². The molecule has 0 aliphatic carbocycles. The number of aromatic nitrogens is 1. The monoisotopic (exact) mass is 312 g/mol. The molecule has 1 aromatic carbocycles. The van der Waals surface area contributed by atoms with E-state index < -0.39 is 10.0 Å². The Morgan fingerprint density at radius 2 is 2.10 bits per heavy atom. The lowest BCUT2D eigenvalue weighted by atomic mass is 10.2. The van der Waals surface area contributed by atoms with Gasteiger partial charge < -0.3 is 14.0 Å². The van der Waals surface area contributed by atoms with Gasteiger partial charge in [-0.1, -0.05) is 6.07 Å². The van der Waals surface area contributed by atoms with Gasteiger partial charge in [-0.25, -0.2) is 13.6 Å². The molecule has 0 fully saturated rings. The summed E-state index contributed by atoms with van der Waals surface area (Å²) in [7, 11) is -2.18. The van der Waals surface area contributed by atoms with Gasteiger partial charge in [-0.2, -0.15) is 0 Å². The number of ether oxygens (including phenoxy) is 2. The summed E-state index contributed by atoms with van der Waals surface area (Å²) in [5, 5.41) is 5.88. The summed E-state index contributed by atoms with van der Waals surface area (Å²) in [5.74, 6) is 0.532. The van der Waals surface area contributed by atoms with E-state index in [1.807, 2.05) is 23.6 Å². The predicted octanol–water partition coefficient (Wildman–Crippen LogP) is 1.72. The van der Waals surface area contributed by atoms with Crippen LogP contribution in [0.15, 0.2) is 29.3 Å². The zero-order valence-electron chi connectivity index (χ0n) is 12.2. The molecule has 1 aromatic heterocycles. The highest BCUT2D eigenvalue weighted by molar-refractivity contribution is 7.89. The summed E-state index contributed by atoms with van der Waals surface area (Å²) in [6.07, 6.45) is 2.35. The molecule has 2 N–H and O–H groups in total. The maximum absolute atomic E-state index is 11.8. The Morgan fingerprint density at radius 3 is 2.71 bits per heavy atom. The van der Waals surface area contributed by atoms with Gasteiger partial charge in [0.25, 0.3) is 0 Å². The molecular formula is C14H20N2O4S. The van der Waals surface area contributed by atoms with E-state index in [-0.39, 0.29) is 4.90 Å². The fraction of sp³-hybridized carbons (Fsp3) is 0.429. The van der Waals surface area contributed by atoms with Crippen molar-refractivity contribution >= 4 is 20.9 Å². The summed E-state index contributed by atoms with van der Waals surface area (Å²) < 4.78 is 36.1. The van der Waals surface area contributed by atoms with Crippen LogP contribution in [-0.2, 0) is 21.3 Å². The van der Waals surface area contributed by atoms with Crippen LogP contribution in [0.5, 0.6) is 5.75 Å². The van der Waals surface area contributed by atoms with Crippen LogP contribution in [0, 0.1) is 0 Å². The van der Waals surface area contributed by atoms with Gasteiger partial charge in [0, 0.05) is 26.5 Å². The smallest absolute Gasteiger partial charge is 0.240 e. The first kappa shape index (κ1) is 15.8. The van der Waals surface area contributed by atoms with Gasteiger partial charge in [-0.15, -0.1) is 0 Å². The zero-order chi connectivity index (χ0) is 15.5. The van der Waals surface area contributed by atoms with E-state index in [1.54, 1.807) is 19.4 Å². The average molecular weight is 312 g/mol. The first-order valence-electron chi connectivity index (χ1n) is 6.75. The van der Waals surface area contributed by atoms with E-state index in [0.717, 1.165) is 11.9 Å². The Labute approximate surface area is 124 Å². The molecule has 0 aliphatic heterocycles. The summed E-state index contributed by atoms with van der Waals surface area (Å²) in [6.45, 7) is 3.56. The average Bonchev–Trinajstić information content (AvgIpc) is 2.80. The topological polar surface area (TPSA) is 83.5 Å². The molecule has 6 nitrogen and oxygen atoms in total. The Balaban J connectivity index is 2.59. The van der Waals surface area contributed by atoms with E-state index in [0.29, 0.717) is 30.9 Å². The van der Waals surface area contributed by atoms with Crippen molar-refractivity contribution in [2.45, 2.75) is 24.8 Å². The highest BCUT2D eigenvalue weighted by Gasteiger charge is 2.20. The summed E-state index contributed by atoms with van der Waals surface area (Å²) in [6, 6.07) is 5.45. The minimum atomic E-state index is -3.81. The number of benzene rings is 1. The molecular weight excluding hydrogens is 292 g/mol. The molecule has 2 aromatic rings. The minimum absolute atomic E-state index is 0.0963. The van der Waals surface area contributed by atoms with E-state index in [2.05, 4.69) is 0 Å². The predicted molar refractivity (Wildman–Crippen MR) is 81.0 cm³/mol. The molecule has 21 heavy (non-hydrogen) atoms. The van der Waals surface area contributed by atoms with Gasteiger partial charge in [0.05, 0.1) is 17.5 Å². The van der Waals surface area contributed by atoms with Crippen molar-refractivity contribution in [1.82, 2.24) is 4.57 Å². The van der Waals surface area contributed by atoms with Crippen LogP contribution >= 0.6 is 0 Å². The summed E-state index contributed by atoms with van der Waals surface area (Å²) in [5.41, 5.74) is 0.793. The summed E-state index contributed by atoms with van der Waals surface area (Å²) >= 11 is 0. The SMILES string of the molecule is CCOc1cccc2c1c(S(N)(=O)=O)cn2CCCOC. The van der Waals surface area contributed by atoms with Crippen molar-refractivity contribution in [3.8, 4) is 5.75 Å². The van der Waals surface area contributed by atoms with Crippen molar-refractivity contribution < 1.29 is 17.9 Å². The largest absolute Gasteiger partial charge is 0.493 e. The first-order valence-corrected chi connectivity index (χ1v) is 8.30. The lowest BCUT2D eigenvalue weighted by Crippen LogP contribution is -2.12. The Hall–Kier alpha value is -1.57. The Bertz CT molecular complexity index is 722. The van der Waals surface area contributed by atoms with Crippen LogP contribution in [0.25, 0.3) is 10.9 Å². The number of methoxy groups -OCH3 is 1. The number of nitrogens with two attached hydrogens (primary N) is 1. The molecule has 0 bridgehead atoms. The van der Waals surface area contributed by atoms with Crippen molar-refractivity contribution in [3.05, 3.63) is 24.4 Å². The zero-order valence-corrected chi connectivity index (χ0v) is 13.0. The molecule has 0 atom stereocenters. The van der Waals surface area contributed by atoms with Crippen LogP contribution < -0.4 is 9.88 Å². The number of hydrogen-bond donors (Lipinski definition) is 1. The highest BCUT2D eigenvalue weighted by Crippen LogP contribution is 2.33. The molecule has 1 heterocycles. The fourth-order valence-electron chi connectivity index (χ4n) is 2.34. The van der Waals surface area contributed by atoms with E-state index >= 15 is 0 Å². The third-order valence-corrected chi connectivity index (χ3v) is 4.11. The van der Waals surface area contributed by atoms with Gasteiger partial charge in [-0.05, 0) is 25.5 Å². The van der Waals surface area contributed by atoms with Crippen LogP contribution in [-0.4, -0.2) is 33.3 Å². The number of rotatable bonds is 7. The third-order valence-electron chi connectivity index (χ3n) is 3.19. The van der Waals surface area contributed by atoms with Crippen molar-refractivity contribution in [2.75, 3.05) is 20.3 Å². The van der Waals surface area contributed by atoms with E-state index in [4.69, 9.17) is 14.6 Å². The molecule has 0 spiro atoms. The number of nitrogens with zero attached hydrogens (tertiary/aromatic N) is 1.